The zero-order valence-corrected chi connectivity index (χ0v) is 12.0. The zero-order chi connectivity index (χ0) is 15.3. The molecule has 0 bridgehead atoms. The van der Waals surface area contributed by atoms with E-state index in [1.54, 1.807) is 0 Å². The van der Waals surface area contributed by atoms with E-state index in [9.17, 15) is 17.6 Å². The molecule has 0 aromatic carbocycles. The van der Waals surface area contributed by atoms with Gasteiger partial charge in [-0.1, -0.05) is 0 Å². The van der Waals surface area contributed by atoms with E-state index in [0.29, 0.717) is 0 Å². The van der Waals surface area contributed by atoms with E-state index in [2.05, 4.69) is 44.3 Å². The van der Waals surface area contributed by atoms with Crippen molar-refractivity contribution in [3.05, 3.63) is 29.7 Å². The maximum absolute atomic E-state index is 11.8. The Balaban J connectivity index is -0.000000107. The molecule has 0 aliphatic carbocycles. The van der Waals surface area contributed by atoms with Gasteiger partial charge in [0.1, 0.15) is 0 Å². The summed E-state index contributed by atoms with van der Waals surface area (Å²) in [5.74, 6) is -5.59. The van der Waals surface area contributed by atoms with Gasteiger partial charge in [0.05, 0.1) is 0 Å². The summed E-state index contributed by atoms with van der Waals surface area (Å²) in [6, 6.07) is 0. The van der Waals surface area contributed by atoms with Gasteiger partial charge in [0.25, 0.3) is 23.8 Å². The first-order chi connectivity index (χ1) is 8.34. The molecule has 1 aromatic rings. The molecule has 0 saturated carbocycles. The number of aromatic nitrogens is 2. The first-order valence-electron chi connectivity index (χ1n) is 4.12. The van der Waals surface area contributed by atoms with Crippen LogP contribution in [0.5, 0.6) is 0 Å². The molecule has 1 rings (SSSR count). The quantitative estimate of drug-likeness (QED) is 0.305. The van der Waals surface area contributed by atoms with E-state index < -0.39 is 23.8 Å². The standard InChI is InChI=1S/C4F4N2.C4H9.2CHO.Ru/c5-1-2(6)10-4(8)3(7)9-1;1-4(2)3;2*1-2;/h;1-3H3;2*1H;/q;3*-1;+3. The molecule has 1 aromatic heterocycles. The van der Waals surface area contributed by atoms with Crippen molar-refractivity contribution in [3.63, 3.8) is 0 Å². The number of hydrogen-bond donors (Lipinski definition) is 0. The molecule has 1 heterocycles. The van der Waals surface area contributed by atoms with E-state index >= 15 is 0 Å². The minimum Gasteiger partial charge on any atom is -0.545 e. The van der Waals surface area contributed by atoms with Gasteiger partial charge in [0, 0.05) is 0 Å². The van der Waals surface area contributed by atoms with E-state index in [0.717, 1.165) is 0 Å². The summed E-state index contributed by atoms with van der Waals surface area (Å²) < 4.78 is 47.2. The maximum Gasteiger partial charge on any atom is 3.00 e. The van der Waals surface area contributed by atoms with Crippen LogP contribution in [0.25, 0.3) is 0 Å². The Morgan fingerprint density at radius 2 is 0.842 bits per heavy atom. The molecule has 0 N–H and O–H groups in total. The van der Waals surface area contributed by atoms with Gasteiger partial charge in [0.15, 0.2) is 0 Å². The normalized spacial score (nSPS) is 7.58. The Morgan fingerprint density at radius 3 is 0.947 bits per heavy atom. The molecule has 4 nitrogen and oxygen atoms in total. The third-order valence-corrected chi connectivity index (χ3v) is 0.733. The maximum atomic E-state index is 11.8. The molecule has 0 atom stereocenters. The molecule has 0 fully saturated rings. The largest absolute Gasteiger partial charge is 3.00 e. The van der Waals surface area contributed by atoms with Crippen LogP contribution in [-0.2, 0) is 29.1 Å². The topological polar surface area (TPSA) is 59.9 Å². The number of nitrogens with zero attached hydrogens (tertiary/aromatic N) is 2. The Hall–Kier alpha value is -1.24. The van der Waals surface area contributed by atoms with Crippen LogP contribution >= 0.6 is 0 Å². The van der Waals surface area contributed by atoms with Gasteiger partial charge in [-0.3, -0.25) is 13.6 Å². The van der Waals surface area contributed by atoms with Gasteiger partial charge < -0.3 is 15.5 Å². The van der Waals surface area contributed by atoms with Gasteiger partial charge in [-0.05, 0) is 0 Å². The van der Waals surface area contributed by atoms with Crippen molar-refractivity contribution in [2.75, 3.05) is 0 Å². The molecule has 0 saturated heterocycles. The van der Waals surface area contributed by atoms with E-state index in [1.165, 1.54) is 5.92 Å². The molecule has 0 aliphatic rings. The van der Waals surface area contributed by atoms with Crippen molar-refractivity contribution in [2.24, 2.45) is 0 Å². The van der Waals surface area contributed by atoms with Crippen molar-refractivity contribution < 1.29 is 46.6 Å². The van der Waals surface area contributed by atoms with Crippen LogP contribution in [-0.4, -0.2) is 23.5 Å². The predicted octanol–water partition coefficient (Wildman–Crippen LogP) is 2.10. The monoisotopic (exact) mass is 369 g/mol. The van der Waals surface area contributed by atoms with Gasteiger partial charge in [-0.15, -0.1) is 0 Å². The van der Waals surface area contributed by atoms with Crippen molar-refractivity contribution in [3.8, 4) is 0 Å². The molecular weight excluding hydrogens is 357 g/mol. The fraction of sp³-hybridized carbons (Fsp3) is 0.300. The van der Waals surface area contributed by atoms with Crippen molar-refractivity contribution in [1.82, 2.24) is 9.97 Å². The third kappa shape index (κ3) is 16.8. The molecular formula is C10H11F4N2O2Ru. The van der Waals surface area contributed by atoms with Crippen LogP contribution in [0.15, 0.2) is 0 Å². The van der Waals surface area contributed by atoms with Crippen molar-refractivity contribution >= 4 is 13.6 Å². The van der Waals surface area contributed by atoms with Crippen LogP contribution < -0.4 is 0 Å². The summed E-state index contributed by atoms with van der Waals surface area (Å²) in [6.45, 7) is 12.8. The molecule has 0 aliphatic heterocycles. The summed E-state index contributed by atoms with van der Waals surface area (Å²) in [7, 11) is 0. The number of halogens is 4. The second kappa shape index (κ2) is 16.8. The van der Waals surface area contributed by atoms with Gasteiger partial charge in [-0.25, -0.2) is 0 Å². The van der Waals surface area contributed by atoms with E-state index in [4.69, 9.17) is 9.59 Å². The summed E-state index contributed by atoms with van der Waals surface area (Å²) >= 11 is 0. The Labute approximate surface area is 121 Å². The van der Waals surface area contributed by atoms with Gasteiger partial charge in [-0.2, -0.15) is 48.3 Å². The van der Waals surface area contributed by atoms with Gasteiger partial charge >= 0.3 is 19.5 Å². The first kappa shape index (κ1) is 26.4. The Bertz CT molecular complexity index is 289. The van der Waals surface area contributed by atoms with Crippen LogP contribution in [0, 0.1) is 29.7 Å². The number of hydrogen-bond acceptors (Lipinski definition) is 4. The summed E-state index contributed by atoms with van der Waals surface area (Å²) in [6.07, 6.45) is 0. The Kier molecular flexibility index (Phi) is 23.2. The first-order valence-corrected chi connectivity index (χ1v) is 4.12. The van der Waals surface area contributed by atoms with Crippen LogP contribution in [0.3, 0.4) is 0 Å². The van der Waals surface area contributed by atoms with E-state index in [-0.39, 0.29) is 19.5 Å². The average Bonchev–Trinajstić information content (AvgIpc) is 2.31. The Morgan fingerprint density at radius 1 is 0.737 bits per heavy atom. The molecule has 9 heteroatoms. The second-order valence-corrected chi connectivity index (χ2v) is 2.89. The van der Waals surface area contributed by atoms with Gasteiger partial charge in [0.2, 0.25) is 0 Å². The third-order valence-electron chi connectivity index (χ3n) is 0.733. The fourth-order valence-electron chi connectivity index (χ4n) is 0.357. The molecule has 0 amide bonds. The van der Waals surface area contributed by atoms with E-state index in [1.807, 2.05) is 0 Å². The fourth-order valence-corrected chi connectivity index (χ4v) is 0.357. The van der Waals surface area contributed by atoms with Crippen molar-refractivity contribution in [2.45, 2.75) is 20.8 Å². The number of rotatable bonds is 0. The van der Waals surface area contributed by atoms with Crippen LogP contribution in [0.1, 0.15) is 20.8 Å². The molecule has 1 radical (unpaired) electrons. The molecule has 19 heavy (non-hydrogen) atoms. The predicted molar refractivity (Wildman–Crippen MR) is 55.6 cm³/mol. The number of carbonyl (C=O) groups excluding carboxylic acids is 2. The summed E-state index contributed by atoms with van der Waals surface area (Å²) in [5, 5.41) is 0. The van der Waals surface area contributed by atoms with Crippen LogP contribution in [0.4, 0.5) is 17.6 Å². The minimum absolute atomic E-state index is 0. The average molecular weight is 368 g/mol. The minimum atomic E-state index is -1.75. The molecule has 109 valence electrons. The molecule has 0 unspecified atom stereocenters. The molecule has 0 spiro atoms. The van der Waals surface area contributed by atoms with Crippen LogP contribution in [0.2, 0.25) is 0 Å². The smallest absolute Gasteiger partial charge is 0.545 e. The zero-order valence-electron chi connectivity index (χ0n) is 10.2. The summed E-state index contributed by atoms with van der Waals surface area (Å²) in [5.41, 5.74) is 0. The summed E-state index contributed by atoms with van der Waals surface area (Å²) in [4.78, 5) is 20.0. The van der Waals surface area contributed by atoms with Crippen molar-refractivity contribution in [1.29, 1.82) is 0 Å². The SMILES string of the molecule is C[C-](C)C.Fc1nc(F)c(F)nc1F.[CH-]=O.[CH-]=O.[Ru+3]. The second-order valence-electron chi connectivity index (χ2n) is 2.89.